The minimum absolute atomic E-state index is 0.0515. The average Bonchev–Trinajstić information content (AvgIpc) is 3.48. The Bertz CT molecular complexity index is 1240. The van der Waals surface area contributed by atoms with Crippen molar-refractivity contribution in [3.05, 3.63) is 59.7 Å². The standard InChI is InChI=1S/C26H32N4O4S/c1-3-17(2)23(29-24-21-13-6-7-14-22(21)35(33,34)30-24)26(32)27-16-18-9-8-12-20(15-18)28-25(31)19-10-4-5-11-19/h6-9,12-15,17,19,23H,3-5,10-11,16H2,1-2H3,(H,27,32)(H,28,31)(H,29,30)/t17-,23-/m0/s1. The highest BCUT2D eigenvalue weighted by molar-refractivity contribution is 7.90. The molecular weight excluding hydrogens is 464 g/mol. The lowest BCUT2D eigenvalue weighted by molar-refractivity contribution is -0.123. The van der Waals surface area contributed by atoms with Crippen LogP contribution in [0.25, 0.3) is 0 Å². The third-order valence-electron chi connectivity index (χ3n) is 6.77. The topological polar surface area (TPSA) is 117 Å². The Labute approximate surface area is 206 Å². The molecule has 2 atom stereocenters. The van der Waals surface area contributed by atoms with Crippen LogP contribution in [0.2, 0.25) is 0 Å². The molecule has 2 aromatic carbocycles. The van der Waals surface area contributed by atoms with Crippen LogP contribution in [0.4, 0.5) is 5.69 Å². The third kappa shape index (κ3) is 5.73. The van der Waals surface area contributed by atoms with Crippen LogP contribution in [0.1, 0.15) is 57.1 Å². The molecule has 0 spiro atoms. The van der Waals surface area contributed by atoms with Crippen LogP contribution < -0.4 is 15.4 Å². The van der Waals surface area contributed by atoms with Crippen LogP contribution in [0.5, 0.6) is 0 Å². The molecule has 35 heavy (non-hydrogen) atoms. The van der Waals surface area contributed by atoms with Crippen LogP contribution >= 0.6 is 0 Å². The molecule has 1 aliphatic heterocycles. The van der Waals surface area contributed by atoms with Gasteiger partial charge in [0.05, 0.1) is 4.90 Å². The molecule has 4 rings (SSSR count). The monoisotopic (exact) mass is 496 g/mol. The molecule has 1 fully saturated rings. The van der Waals surface area contributed by atoms with E-state index in [9.17, 15) is 18.0 Å². The summed E-state index contributed by atoms with van der Waals surface area (Å²) in [6.07, 6.45) is 4.76. The fourth-order valence-corrected chi connectivity index (χ4v) is 5.76. The Hall–Kier alpha value is -3.20. The zero-order chi connectivity index (χ0) is 25.0. The first-order valence-electron chi connectivity index (χ1n) is 12.2. The third-order valence-corrected chi connectivity index (χ3v) is 8.17. The van der Waals surface area contributed by atoms with E-state index < -0.39 is 16.1 Å². The fraction of sp³-hybridized carbons (Fsp3) is 0.423. The van der Waals surface area contributed by atoms with Gasteiger partial charge in [-0.25, -0.2) is 8.42 Å². The quantitative estimate of drug-likeness (QED) is 0.518. The zero-order valence-electron chi connectivity index (χ0n) is 20.1. The van der Waals surface area contributed by atoms with Crippen LogP contribution in [0.3, 0.4) is 0 Å². The largest absolute Gasteiger partial charge is 0.350 e. The van der Waals surface area contributed by atoms with Gasteiger partial charge in [0, 0.05) is 23.7 Å². The highest BCUT2D eigenvalue weighted by atomic mass is 32.2. The summed E-state index contributed by atoms with van der Waals surface area (Å²) in [5, 5.41) is 5.92. The van der Waals surface area contributed by atoms with E-state index in [1.165, 1.54) is 6.07 Å². The van der Waals surface area contributed by atoms with Gasteiger partial charge in [-0.05, 0) is 48.6 Å². The Morgan fingerprint density at radius 2 is 1.86 bits per heavy atom. The molecular formula is C26H32N4O4S. The number of benzene rings is 2. The van der Waals surface area contributed by atoms with Crippen molar-refractivity contribution in [2.45, 2.75) is 63.4 Å². The normalized spacial score (nSPS) is 19.5. The van der Waals surface area contributed by atoms with Gasteiger partial charge in [0.1, 0.15) is 11.9 Å². The maximum Gasteiger partial charge on any atom is 0.263 e. The summed E-state index contributed by atoms with van der Waals surface area (Å²) in [5.74, 6) is -0.0622. The lowest BCUT2D eigenvalue weighted by Gasteiger charge is -2.19. The highest BCUT2D eigenvalue weighted by Gasteiger charge is 2.33. The highest BCUT2D eigenvalue weighted by Crippen LogP contribution is 2.26. The second-order valence-electron chi connectivity index (χ2n) is 9.30. The van der Waals surface area contributed by atoms with E-state index in [2.05, 4.69) is 20.3 Å². The van der Waals surface area contributed by atoms with Gasteiger partial charge in [0.2, 0.25) is 11.8 Å². The second kappa shape index (κ2) is 10.6. The van der Waals surface area contributed by atoms with Gasteiger partial charge in [0.25, 0.3) is 10.0 Å². The van der Waals surface area contributed by atoms with Crippen molar-refractivity contribution in [2.24, 2.45) is 16.8 Å². The van der Waals surface area contributed by atoms with E-state index >= 15 is 0 Å². The molecule has 1 aliphatic carbocycles. The number of carbonyl (C=O) groups excluding carboxylic acids is 2. The van der Waals surface area contributed by atoms with E-state index in [1.54, 1.807) is 18.2 Å². The minimum atomic E-state index is -3.68. The Morgan fingerprint density at radius 1 is 1.11 bits per heavy atom. The summed E-state index contributed by atoms with van der Waals surface area (Å²) >= 11 is 0. The lowest BCUT2D eigenvalue weighted by Crippen LogP contribution is -2.38. The Kier molecular flexibility index (Phi) is 7.54. The predicted molar refractivity (Wildman–Crippen MR) is 135 cm³/mol. The van der Waals surface area contributed by atoms with Crippen molar-refractivity contribution in [3.8, 4) is 0 Å². The first-order valence-corrected chi connectivity index (χ1v) is 13.6. The summed E-state index contributed by atoms with van der Waals surface area (Å²) in [6.45, 7) is 4.16. The van der Waals surface area contributed by atoms with Gasteiger partial charge in [-0.2, -0.15) is 0 Å². The fourth-order valence-electron chi connectivity index (χ4n) is 4.52. The van der Waals surface area contributed by atoms with Crippen molar-refractivity contribution in [3.63, 3.8) is 0 Å². The molecule has 2 aromatic rings. The molecule has 3 N–H and O–H groups in total. The molecule has 9 heteroatoms. The van der Waals surface area contributed by atoms with Crippen molar-refractivity contribution in [1.82, 2.24) is 10.0 Å². The average molecular weight is 497 g/mol. The molecule has 0 saturated heterocycles. The number of amides is 2. The van der Waals surface area contributed by atoms with Crippen molar-refractivity contribution in [2.75, 3.05) is 5.32 Å². The van der Waals surface area contributed by atoms with E-state index in [1.807, 2.05) is 38.1 Å². The molecule has 2 aliphatic rings. The number of amidine groups is 1. The molecule has 0 unspecified atom stereocenters. The van der Waals surface area contributed by atoms with E-state index in [-0.39, 0.29) is 40.9 Å². The number of fused-ring (bicyclic) bond motifs is 1. The van der Waals surface area contributed by atoms with Crippen molar-refractivity contribution in [1.29, 1.82) is 0 Å². The summed E-state index contributed by atoms with van der Waals surface area (Å²) in [4.78, 5) is 30.3. The summed E-state index contributed by atoms with van der Waals surface area (Å²) in [6, 6.07) is 13.3. The number of hydrogen-bond donors (Lipinski definition) is 3. The Morgan fingerprint density at radius 3 is 2.60 bits per heavy atom. The predicted octanol–water partition coefficient (Wildman–Crippen LogP) is 3.58. The number of aliphatic imine (C=N–C) groups is 1. The zero-order valence-corrected chi connectivity index (χ0v) is 20.9. The number of nitrogens with zero attached hydrogens (tertiary/aromatic N) is 1. The number of hydrogen-bond acceptors (Lipinski definition) is 5. The maximum atomic E-state index is 13.1. The van der Waals surface area contributed by atoms with Gasteiger partial charge in [-0.1, -0.05) is 57.4 Å². The van der Waals surface area contributed by atoms with Crippen molar-refractivity contribution < 1.29 is 18.0 Å². The van der Waals surface area contributed by atoms with Crippen LogP contribution in [0, 0.1) is 11.8 Å². The SMILES string of the molecule is CC[C@H](C)[C@H](N=C1NS(=O)(=O)c2ccccc21)C(=O)NCc1cccc(NC(=O)C2CCCC2)c1. The number of nitrogens with one attached hydrogen (secondary N) is 3. The van der Waals surface area contributed by atoms with E-state index in [0.29, 0.717) is 17.7 Å². The molecule has 1 saturated carbocycles. The van der Waals surface area contributed by atoms with Crippen LogP contribution in [-0.2, 0) is 26.2 Å². The number of carbonyl (C=O) groups is 2. The Balaban J connectivity index is 1.46. The summed E-state index contributed by atoms with van der Waals surface area (Å²) in [7, 11) is -3.68. The first kappa shape index (κ1) is 24.9. The number of sulfonamides is 1. The molecule has 0 aromatic heterocycles. The first-order chi connectivity index (χ1) is 16.8. The number of rotatable bonds is 8. The second-order valence-corrected chi connectivity index (χ2v) is 10.9. The summed E-state index contributed by atoms with van der Waals surface area (Å²) < 4.78 is 27.4. The molecule has 0 bridgehead atoms. The van der Waals surface area contributed by atoms with E-state index in [4.69, 9.17) is 0 Å². The molecule has 8 nitrogen and oxygen atoms in total. The molecule has 186 valence electrons. The van der Waals surface area contributed by atoms with Gasteiger partial charge in [-0.15, -0.1) is 0 Å². The number of anilines is 1. The smallest absolute Gasteiger partial charge is 0.263 e. The molecule has 1 heterocycles. The maximum absolute atomic E-state index is 13.1. The van der Waals surface area contributed by atoms with Gasteiger partial charge in [-0.3, -0.25) is 19.3 Å². The lowest BCUT2D eigenvalue weighted by atomic mass is 9.98. The molecule has 0 radical (unpaired) electrons. The van der Waals surface area contributed by atoms with E-state index in [0.717, 1.165) is 31.2 Å². The van der Waals surface area contributed by atoms with Gasteiger partial charge >= 0.3 is 0 Å². The minimum Gasteiger partial charge on any atom is -0.350 e. The van der Waals surface area contributed by atoms with Crippen LogP contribution in [0.15, 0.2) is 58.4 Å². The van der Waals surface area contributed by atoms with Gasteiger partial charge < -0.3 is 10.6 Å². The van der Waals surface area contributed by atoms with Crippen molar-refractivity contribution >= 4 is 33.4 Å². The van der Waals surface area contributed by atoms with Gasteiger partial charge in [0.15, 0.2) is 0 Å². The molecule has 2 amide bonds. The summed E-state index contributed by atoms with van der Waals surface area (Å²) in [5.41, 5.74) is 2.04. The van der Waals surface area contributed by atoms with Crippen LogP contribution in [-0.4, -0.2) is 32.1 Å².